The first-order chi connectivity index (χ1) is 6.61. The molecule has 0 aliphatic rings. The number of carbonyl (C=O) groups is 2. The molecule has 0 bridgehead atoms. The van der Waals surface area contributed by atoms with Crippen LogP contribution in [0.1, 0.15) is 33.1 Å². The Morgan fingerprint density at radius 3 is 2.43 bits per heavy atom. The molecule has 0 rings (SSSR count). The molecule has 0 fully saturated rings. The summed E-state index contributed by atoms with van der Waals surface area (Å²) in [6.45, 7) is 3.91. The van der Waals surface area contributed by atoms with E-state index in [1.807, 2.05) is 6.92 Å². The van der Waals surface area contributed by atoms with Crippen molar-refractivity contribution in [3.05, 3.63) is 11.6 Å². The average molecular weight is 200 g/mol. The van der Waals surface area contributed by atoms with Gasteiger partial charge < -0.3 is 9.84 Å². The maximum Gasteiger partial charge on any atom is 0.334 e. The molecule has 0 aromatic carbocycles. The molecule has 0 heterocycles. The van der Waals surface area contributed by atoms with Crippen LogP contribution in [0.3, 0.4) is 0 Å². The minimum absolute atomic E-state index is 0.237. The lowest BCUT2D eigenvalue weighted by atomic mass is 10.1. The highest BCUT2D eigenvalue weighted by Crippen LogP contribution is 2.07. The number of rotatable bonds is 6. The van der Waals surface area contributed by atoms with Crippen LogP contribution in [0.2, 0.25) is 0 Å². The Kier molecular flexibility index (Phi) is 6.45. The lowest BCUT2D eigenvalue weighted by molar-refractivity contribution is -0.142. The molecule has 0 radical (unpaired) electrons. The Morgan fingerprint density at radius 1 is 1.36 bits per heavy atom. The minimum Gasteiger partial charge on any atom is -0.481 e. The molecule has 0 spiro atoms. The van der Waals surface area contributed by atoms with Gasteiger partial charge in [0.2, 0.25) is 0 Å². The Hall–Kier alpha value is -1.32. The Morgan fingerprint density at radius 2 is 2.00 bits per heavy atom. The fourth-order valence-electron chi connectivity index (χ4n) is 0.933. The van der Waals surface area contributed by atoms with Crippen LogP contribution in [0.25, 0.3) is 0 Å². The number of hydrogen-bond acceptors (Lipinski definition) is 3. The zero-order valence-corrected chi connectivity index (χ0v) is 8.58. The second-order valence-electron chi connectivity index (χ2n) is 2.81. The molecular weight excluding hydrogens is 184 g/mol. The van der Waals surface area contributed by atoms with Crippen LogP contribution in [0.5, 0.6) is 0 Å². The van der Waals surface area contributed by atoms with Crippen molar-refractivity contribution in [3.63, 3.8) is 0 Å². The topological polar surface area (TPSA) is 63.6 Å². The van der Waals surface area contributed by atoms with Crippen LogP contribution >= 0.6 is 0 Å². The van der Waals surface area contributed by atoms with Crippen molar-refractivity contribution in [2.45, 2.75) is 33.1 Å². The van der Waals surface area contributed by atoms with Crippen molar-refractivity contribution in [3.8, 4) is 0 Å². The van der Waals surface area contributed by atoms with Gasteiger partial charge in [0.1, 0.15) is 0 Å². The van der Waals surface area contributed by atoms with Gasteiger partial charge in [0.05, 0.1) is 13.0 Å². The van der Waals surface area contributed by atoms with E-state index in [-0.39, 0.29) is 18.6 Å². The monoisotopic (exact) mass is 200 g/mol. The maximum atomic E-state index is 11.2. The summed E-state index contributed by atoms with van der Waals surface area (Å²) >= 11 is 0. The lowest BCUT2D eigenvalue weighted by Gasteiger charge is -2.03. The second-order valence-corrected chi connectivity index (χ2v) is 2.81. The molecule has 4 heteroatoms. The van der Waals surface area contributed by atoms with Gasteiger partial charge in [-0.2, -0.15) is 0 Å². The third-order valence-electron chi connectivity index (χ3n) is 1.56. The zero-order valence-electron chi connectivity index (χ0n) is 8.58. The number of ether oxygens (including phenoxy) is 1. The van der Waals surface area contributed by atoms with E-state index in [1.165, 1.54) is 0 Å². The summed E-state index contributed by atoms with van der Waals surface area (Å²) in [4.78, 5) is 21.7. The first kappa shape index (κ1) is 12.7. The molecule has 0 saturated heterocycles. The average Bonchev–Trinajstić information content (AvgIpc) is 2.12. The molecule has 0 aromatic heterocycles. The molecule has 0 saturated carbocycles. The van der Waals surface area contributed by atoms with Gasteiger partial charge in [0.15, 0.2) is 0 Å². The normalized spacial score (nSPS) is 11.1. The first-order valence-corrected chi connectivity index (χ1v) is 4.69. The summed E-state index contributed by atoms with van der Waals surface area (Å²) in [5.41, 5.74) is 0.237. The van der Waals surface area contributed by atoms with Crippen LogP contribution < -0.4 is 0 Å². The van der Waals surface area contributed by atoms with Gasteiger partial charge in [-0.3, -0.25) is 4.79 Å². The SMILES string of the molecule is CCC/C=C(\CC(=O)O)C(=O)OCC. The third-order valence-corrected chi connectivity index (χ3v) is 1.56. The van der Waals surface area contributed by atoms with Gasteiger partial charge >= 0.3 is 11.9 Å². The van der Waals surface area contributed by atoms with Crippen molar-refractivity contribution in [1.82, 2.24) is 0 Å². The first-order valence-electron chi connectivity index (χ1n) is 4.69. The quantitative estimate of drug-likeness (QED) is 0.524. The molecule has 4 nitrogen and oxygen atoms in total. The Balaban J connectivity index is 4.37. The highest BCUT2D eigenvalue weighted by atomic mass is 16.5. The Bertz CT molecular complexity index is 230. The van der Waals surface area contributed by atoms with Gasteiger partial charge in [-0.15, -0.1) is 0 Å². The molecule has 0 amide bonds. The van der Waals surface area contributed by atoms with Crippen molar-refractivity contribution in [2.24, 2.45) is 0 Å². The number of esters is 1. The number of allylic oxidation sites excluding steroid dienone is 1. The molecule has 80 valence electrons. The highest BCUT2D eigenvalue weighted by molar-refractivity contribution is 5.93. The molecule has 1 N–H and O–H groups in total. The van der Waals surface area contributed by atoms with E-state index < -0.39 is 11.9 Å². The molecule has 0 unspecified atom stereocenters. The summed E-state index contributed by atoms with van der Waals surface area (Å²) in [6.07, 6.45) is 2.94. The van der Waals surface area contributed by atoms with E-state index in [2.05, 4.69) is 0 Å². The summed E-state index contributed by atoms with van der Waals surface area (Å²) < 4.78 is 4.73. The minimum atomic E-state index is -1.01. The second kappa shape index (κ2) is 7.12. The van der Waals surface area contributed by atoms with Gasteiger partial charge in [-0.25, -0.2) is 4.79 Å². The van der Waals surface area contributed by atoms with E-state index in [0.717, 1.165) is 6.42 Å². The predicted molar refractivity (Wildman–Crippen MR) is 51.9 cm³/mol. The van der Waals surface area contributed by atoms with Crippen LogP contribution in [0.15, 0.2) is 11.6 Å². The maximum absolute atomic E-state index is 11.2. The van der Waals surface area contributed by atoms with Crippen molar-refractivity contribution < 1.29 is 19.4 Å². The number of unbranched alkanes of at least 4 members (excludes halogenated alkanes) is 1. The predicted octanol–water partition coefficient (Wildman–Crippen LogP) is 1.75. The molecule has 0 aliphatic carbocycles. The van der Waals surface area contributed by atoms with Gasteiger partial charge in [-0.05, 0) is 13.3 Å². The number of hydrogen-bond donors (Lipinski definition) is 1. The van der Waals surface area contributed by atoms with Crippen molar-refractivity contribution >= 4 is 11.9 Å². The van der Waals surface area contributed by atoms with E-state index in [4.69, 9.17) is 9.84 Å². The highest BCUT2D eigenvalue weighted by Gasteiger charge is 2.13. The number of carboxylic acid groups (broad SMARTS) is 1. The lowest BCUT2D eigenvalue weighted by Crippen LogP contribution is -2.11. The largest absolute Gasteiger partial charge is 0.481 e. The van der Waals surface area contributed by atoms with Gasteiger partial charge in [0.25, 0.3) is 0 Å². The fourth-order valence-corrected chi connectivity index (χ4v) is 0.933. The van der Waals surface area contributed by atoms with E-state index >= 15 is 0 Å². The third kappa shape index (κ3) is 5.35. The van der Waals surface area contributed by atoms with Crippen molar-refractivity contribution in [2.75, 3.05) is 6.61 Å². The van der Waals surface area contributed by atoms with Crippen molar-refractivity contribution in [1.29, 1.82) is 0 Å². The molecule has 0 atom stereocenters. The zero-order chi connectivity index (χ0) is 11.0. The number of carbonyl (C=O) groups excluding carboxylic acids is 1. The smallest absolute Gasteiger partial charge is 0.334 e. The molecule has 0 aliphatic heterocycles. The number of carboxylic acids is 1. The molecular formula is C10H16O4. The van der Waals surface area contributed by atoms with E-state index in [0.29, 0.717) is 6.42 Å². The van der Waals surface area contributed by atoms with Gasteiger partial charge in [-0.1, -0.05) is 19.4 Å². The standard InChI is InChI=1S/C10H16O4/c1-3-5-6-8(7-9(11)12)10(13)14-4-2/h6H,3-5,7H2,1-2H3,(H,11,12)/b8-6+. The Labute approximate surface area is 83.6 Å². The molecule has 0 aromatic rings. The summed E-state index contributed by atoms with van der Waals surface area (Å²) in [5, 5.41) is 8.55. The fraction of sp³-hybridized carbons (Fsp3) is 0.600. The van der Waals surface area contributed by atoms with Crippen LogP contribution in [0.4, 0.5) is 0 Å². The van der Waals surface area contributed by atoms with E-state index in [1.54, 1.807) is 13.0 Å². The van der Waals surface area contributed by atoms with Crippen LogP contribution in [-0.4, -0.2) is 23.7 Å². The number of aliphatic carboxylic acids is 1. The van der Waals surface area contributed by atoms with Crippen LogP contribution in [-0.2, 0) is 14.3 Å². The van der Waals surface area contributed by atoms with Crippen LogP contribution in [0, 0.1) is 0 Å². The summed E-state index contributed by atoms with van der Waals surface area (Å²) in [5.74, 6) is -1.54. The summed E-state index contributed by atoms with van der Waals surface area (Å²) in [6, 6.07) is 0. The van der Waals surface area contributed by atoms with Gasteiger partial charge in [0, 0.05) is 5.57 Å². The summed E-state index contributed by atoms with van der Waals surface area (Å²) in [7, 11) is 0. The molecule has 14 heavy (non-hydrogen) atoms. The van der Waals surface area contributed by atoms with E-state index in [9.17, 15) is 9.59 Å².